The molecule has 6 rings (SSSR count). The summed E-state index contributed by atoms with van der Waals surface area (Å²) in [7, 11) is 0. The lowest BCUT2D eigenvalue weighted by Crippen LogP contribution is -2.27. The molecule has 8 nitrogen and oxygen atoms in total. The van der Waals surface area contributed by atoms with Crippen molar-refractivity contribution < 1.29 is 19.4 Å². The number of nitrogens with zero attached hydrogens (tertiary/aromatic N) is 1. The normalized spacial score (nSPS) is 17.7. The Kier molecular flexibility index (Phi) is 23.4. The van der Waals surface area contributed by atoms with Gasteiger partial charge in [-0.1, -0.05) is 194 Å². The molecule has 70 heavy (non-hydrogen) atoms. The molecule has 5 heterocycles. The fraction of sp³-hybridized carbons (Fsp3) is 0.694. The van der Waals surface area contributed by atoms with Gasteiger partial charge in [0.25, 0.3) is 0 Å². The number of aromatic nitrogens is 3. The van der Waals surface area contributed by atoms with Crippen molar-refractivity contribution in [1.29, 1.82) is 0 Å². The van der Waals surface area contributed by atoms with Crippen molar-refractivity contribution >= 4 is 41.3 Å². The minimum atomic E-state index is -0.236. The molecule has 1 unspecified atom stereocenters. The molecule has 3 atom stereocenters. The van der Waals surface area contributed by atoms with Gasteiger partial charge in [-0.3, -0.25) is 14.6 Å². The van der Waals surface area contributed by atoms with Crippen molar-refractivity contribution in [2.24, 2.45) is 16.8 Å². The third kappa shape index (κ3) is 15.5. The lowest BCUT2D eigenvalue weighted by atomic mass is 9.81. The number of ether oxygens (including phenoxy) is 1. The first kappa shape index (κ1) is 55.4. The molecule has 3 aromatic rings. The number of unbranched alkanes of at least 4 members (excludes halogenated alkanes) is 27. The highest BCUT2D eigenvalue weighted by atomic mass is 16.5. The van der Waals surface area contributed by atoms with Gasteiger partial charge in [-0.05, 0) is 92.0 Å². The van der Waals surface area contributed by atoms with Crippen molar-refractivity contribution in [3.8, 4) is 0 Å². The molecule has 0 saturated carbocycles. The molecule has 0 fully saturated rings. The molecule has 4 N–H and O–H groups in total. The predicted octanol–water partition coefficient (Wildman–Crippen LogP) is 13.2. The van der Waals surface area contributed by atoms with E-state index in [2.05, 4.69) is 60.9 Å². The molecule has 3 aromatic heterocycles. The lowest BCUT2D eigenvalue weighted by molar-refractivity contribution is -0.144. The maximum absolute atomic E-state index is 13.8. The number of fused-ring (bicyclic) bond motifs is 7. The number of carbonyl (C=O) groups excluding carboxylic acids is 2. The summed E-state index contributed by atoms with van der Waals surface area (Å²) in [6.07, 6.45) is 47.2. The number of ketones is 1. The van der Waals surface area contributed by atoms with Crippen molar-refractivity contribution in [3.05, 3.63) is 66.2 Å². The maximum Gasteiger partial charge on any atom is 0.305 e. The molecule has 0 spiro atoms. The highest BCUT2D eigenvalue weighted by Gasteiger charge is 2.41. The minimum absolute atomic E-state index is 0.0336. The number of hydrogen-bond acceptors (Lipinski definition) is 5. The number of aliphatic imine (C=N–C) groups is 1. The van der Waals surface area contributed by atoms with Gasteiger partial charge in [-0.2, -0.15) is 0 Å². The molecule has 0 saturated heterocycles. The van der Waals surface area contributed by atoms with Crippen LogP contribution in [0.15, 0.2) is 4.99 Å². The summed E-state index contributed by atoms with van der Waals surface area (Å²) >= 11 is 0. The third-order valence-corrected chi connectivity index (χ3v) is 16.6. The predicted molar refractivity (Wildman–Crippen MR) is 293 cm³/mol. The van der Waals surface area contributed by atoms with Crippen LogP contribution in [0, 0.1) is 32.6 Å². The van der Waals surface area contributed by atoms with E-state index in [-0.39, 0.29) is 36.2 Å². The molecule has 1 aliphatic carbocycles. The van der Waals surface area contributed by atoms with Gasteiger partial charge in [0.2, 0.25) is 0 Å². The summed E-state index contributed by atoms with van der Waals surface area (Å²) in [5, 5.41) is 14.2. The zero-order chi connectivity index (χ0) is 49.7. The molecule has 8 heteroatoms. The van der Waals surface area contributed by atoms with Crippen LogP contribution >= 0.6 is 0 Å². The highest BCUT2D eigenvalue weighted by Crippen LogP contribution is 2.39. The van der Waals surface area contributed by atoms with Crippen molar-refractivity contribution in [3.63, 3.8) is 0 Å². The first-order valence-corrected chi connectivity index (χ1v) is 29.1. The Morgan fingerprint density at radius 2 is 1.11 bits per heavy atom. The summed E-state index contributed by atoms with van der Waals surface area (Å²) in [6, 6.07) is -0.236. The Morgan fingerprint density at radius 1 is 0.614 bits per heavy atom. The monoisotopic (exact) mass is 961 g/mol. The average Bonchev–Trinajstić information content (AvgIpc) is 4.11. The zero-order valence-electron chi connectivity index (χ0n) is 45.1. The van der Waals surface area contributed by atoms with Crippen molar-refractivity contribution in [2.45, 2.75) is 260 Å². The van der Waals surface area contributed by atoms with Crippen LogP contribution in [0.2, 0.25) is 0 Å². The van der Waals surface area contributed by atoms with Crippen LogP contribution < -0.4 is 21.4 Å². The topological polar surface area (TPSA) is 123 Å². The fourth-order valence-electron chi connectivity index (χ4n) is 12.0. The van der Waals surface area contributed by atoms with E-state index in [9.17, 15) is 14.7 Å². The van der Waals surface area contributed by atoms with Crippen LogP contribution in [0.4, 0.5) is 0 Å². The number of H-pyrrole nitrogens is 3. The second-order valence-electron chi connectivity index (χ2n) is 21.9. The Balaban J connectivity index is 0.856. The van der Waals surface area contributed by atoms with Crippen LogP contribution in [-0.2, 0) is 22.6 Å². The third-order valence-electron chi connectivity index (χ3n) is 16.6. The van der Waals surface area contributed by atoms with Crippen LogP contribution in [0.1, 0.15) is 269 Å². The fourth-order valence-corrected chi connectivity index (χ4v) is 12.0. The lowest BCUT2D eigenvalue weighted by Gasteiger charge is -2.22. The number of hydrogen-bond donors (Lipinski definition) is 4. The molecule has 3 aliphatic rings. The van der Waals surface area contributed by atoms with E-state index in [0.29, 0.717) is 25.9 Å². The Hall–Kier alpha value is -3.91. The largest absolute Gasteiger partial charge is 0.466 e. The van der Waals surface area contributed by atoms with E-state index >= 15 is 0 Å². The number of rotatable bonds is 34. The minimum Gasteiger partial charge on any atom is -0.466 e. The highest BCUT2D eigenvalue weighted by molar-refractivity contribution is 6.14. The number of Topliss-reactive ketones (excluding diaryl/α,β-unsaturated/α-hetero) is 1. The first-order valence-electron chi connectivity index (χ1n) is 29.1. The Bertz CT molecular complexity index is 2390. The van der Waals surface area contributed by atoms with Gasteiger partial charge >= 0.3 is 5.97 Å². The van der Waals surface area contributed by atoms with E-state index in [0.717, 1.165) is 85.6 Å². The Labute approximate surface area is 423 Å². The number of esters is 1. The van der Waals surface area contributed by atoms with Gasteiger partial charge in [0.05, 0.1) is 24.6 Å². The van der Waals surface area contributed by atoms with E-state index in [4.69, 9.17) is 9.73 Å². The summed E-state index contributed by atoms with van der Waals surface area (Å²) in [5.41, 5.74) is 9.97. The number of aliphatic hydroxyl groups excluding tert-OH is 1. The van der Waals surface area contributed by atoms with E-state index in [1.807, 2.05) is 13.8 Å². The molecule has 0 aromatic carbocycles. The van der Waals surface area contributed by atoms with Crippen LogP contribution in [-0.4, -0.2) is 50.2 Å². The molecular weight excluding hydrogens is 865 g/mol. The standard InChI is InChI=1S/C62H96N4O4/c1-7-9-10-11-12-13-14-15-16-17-18-19-20-21-22-23-24-25-26-27-28-29-30-31-32-33-34-35-38-70-59(69)37-36-49-45(4)54-40-52-46(5)51(43-67)57(64-52)41-53-44(3)48(8-2)56(63-53)42-55-47(6)60-58(68)39-50(61(49)65-54)62(60)66-55/h40-42,45,49,61,63-64,66-67H,7-39,43H2,1-6H3/b52-40?,55-42-,57-41?/t45-,49-,61?/m0/s1. The summed E-state index contributed by atoms with van der Waals surface area (Å²) < 4.78 is 5.81. The number of aliphatic hydroxyl groups is 1. The van der Waals surface area contributed by atoms with E-state index in [1.165, 1.54) is 178 Å². The average molecular weight is 961 g/mol. The molecule has 8 bridgehead atoms. The second-order valence-corrected chi connectivity index (χ2v) is 21.9. The van der Waals surface area contributed by atoms with Gasteiger partial charge in [0.1, 0.15) is 0 Å². The number of aromatic amines is 3. The molecular formula is C62H96N4O4. The van der Waals surface area contributed by atoms with Gasteiger partial charge in [0.15, 0.2) is 5.78 Å². The molecule has 0 radical (unpaired) electrons. The number of carbonyl (C=O) groups is 2. The van der Waals surface area contributed by atoms with Crippen molar-refractivity contribution in [2.75, 3.05) is 6.61 Å². The second kappa shape index (κ2) is 29.6. The Morgan fingerprint density at radius 3 is 1.63 bits per heavy atom. The zero-order valence-corrected chi connectivity index (χ0v) is 45.1. The smallest absolute Gasteiger partial charge is 0.305 e. The van der Waals surface area contributed by atoms with E-state index < -0.39 is 0 Å². The molecule has 388 valence electrons. The van der Waals surface area contributed by atoms with Crippen LogP contribution in [0.3, 0.4) is 0 Å². The van der Waals surface area contributed by atoms with Crippen molar-refractivity contribution in [1.82, 2.24) is 15.0 Å². The molecule has 2 aliphatic heterocycles. The molecule has 0 amide bonds. The van der Waals surface area contributed by atoms with Crippen LogP contribution in [0.5, 0.6) is 0 Å². The van der Waals surface area contributed by atoms with E-state index in [1.54, 1.807) is 0 Å². The van der Waals surface area contributed by atoms with Gasteiger partial charge in [-0.25, -0.2) is 0 Å². The summed E-state index contributed by atoms with van der Waals surface area (Å²) in [5.74, 6) is 0.0660. The summed E-state index contributed by atoms with van der Waals surface area (Å²) in [4.78, 5) is 43.4. The van der Waals surface area contributed by atoms with Gasteiger partial charge in [0, 0.05) is 63.0 Å². The summed E-state index contributed by atoms with van der Waals surface area (Å²) in [6.45, 7) is 13.3. The maximum atomic E-state index is 13.8. The van der Waals surface area contributed by atoms with Gasteiger partial charge in [-0.15, -0.1) is 0 Å². The number of nitrogens with one attached hydrogen (secondary N) is 3. The quantitative estimate of drug-likeness (QED) is 0.0352. The van der Waals surface area contributed by atoms with Crippen LogP contribution in [0.25, 0.3) is 23.8 Å². The SMILES string of the molecule is CCCCCCCCCCCCCCCCCCCCCCCCCCCCCCOC(=O)CC[C@@H]1C2N=C(C=c3[nH]c(c(CO)c3C)=Cc3[nH]c(c(CC)c3C)/C=c3\[nH]c4c(c3C)C(=O)CC=42)[C@H]1C. The first-order chi connectivity index (χ1) is 34.2. The van der Waals surface area contributed by atoms with Gasteiger partial charge < -0.3 is 24.8 Å².